The number of carbonyl (C=O) groups is 2. The lowest BCUT2D eigenvalue weighted by Crippen LogP contribution is -2.44. The monoisotopic (exact) mass is 657 g/mol. The van der Waals surface area contributed by atoms with Crippen molar-refractivity contribution in [3.63, 3.8) is 0 Å². The van der Waals surface area contributed by atoms with Crippen molar-refractivity contribution in [1.29, 1.82) is 0 Å². The minimum Gasteiger partial charge on any atom is -0.493 e. The van der Waals surface area contributed by atoms with Crippen LogP contribution >= 0.6 is 34.8 Å². The van der Waals surface area contributed by atoms with Gasteiger partial charge in [0.1, 0.15) is 22.5 Å². The van der Waals surface area contributed by atoms with Crippen LogP contribution in [0.25, 0.3) is 11.0 Å². The second kappa shape index (κ2) is 14.3. The average Bonchev–Trinajstić information content (AvgIpc) is 3.30. The van der Waals surface area contributed by atoms with Gasteiger partial charge in [-0.25, -0.2) is 19.6 Å². The van der Waals surface area contributed by atoms with E-state index in [1.165, 1.54) is 12.5 Å². The molecule has 0 aliphatic heterocycles. The normalized spacial score (nSPS) is 12.7. The van der Waals surface area contributed by atoms with E-state index in [9.17, 15) is 9.59 Å². The van der Waals surface area contributed by atoms with Crippen molar-refractivity contribution in [2.24, 2.45) is 5.73 Å². The van der Waals surface area contributed by atoms with Crippen LogP contribution in [-0.4, -0.2) is 64.3 Å². The molecule has 236 valence electrons. The van der Waals surface area contributed by atoms with Gasteiger partial charge in [0.05, 0.1) is 52.9 Å². The van der Waals surface area contributed by atoms with Crippen molar-refractivity contribution >= 4 is 63.8 Å². The summed E-state index contributed by atoms with van der Waals surface area (Å²) in [6.07, 6.45) is 2.27. The Bertz CT molecular complexity index is 1420. The predicted octanol–water partition coefficient (Wildman–Crippen LogP) is 7.25. The maximum absolute atomic E-state index is 13.3. The molecule has 0 saturated heterocycles. The van der Waals surface area contributed by atoms with Crippen molar-refractivity contribution < 1.29 is 28.5 Å². The van der Waals surface area contributed by atoms with E-state index in [-0.39, 0.29) is 28.9 Å². The molecular weight excluding hydrogens is 621 g/mol. The third-order valence-corrected chi connectivity index (χ3v) is 6.90. The van der Waals surface area contributed by atoms with Gasteiger partial charge < -0.3 is 29.2 Å². The van der Waals surface area contributed by atoms with Gasteiger partial charge in [-0.15, -0.1) is 0 Å². The number of aromatic nitrogens is 3. The molecule has 2 aromatic heterocycles. The number of anilines is 1. The lowest BCUT2D eigenvalue weighted by atomic mass is 10.1. The van der Waals surface area contributed by atoms with E-state index in [4.69, 9.17) is 59.5 Å². The summed E-state index contributed by atoms with van der Waals surface area (Å²) in [4.78, 5) is 36.0. The SMILES string of the molecule is COC[C@H](N)CCCOc1ccc(Cl)c(Cl)c1Cn1cnc2c(N(C(=O)OC(C)(C)C)C(=O)OC(C)(C)C)ncc(Cl)c21. The summed E-state index contributed by atoms with van der Waals surface area (Å²) in [6.45, 7) is 11.1. The molecule has 0 saturated carbocycles. The van der Waals surface area contributed by atoms with E-state index in [0.717, 1.165) is 0 Å². The molecule has 2 amide bonds. The van der Waals surface area contributed by atoms with Crippen LogP contribution in [-0.2, 0) is 20.8 Å². The fourth-order valence-corrected chi connectivity index (χ4v) is 4.68. The van der Waals surface area contributed by atoms with Crippen LogP contribution in [0.5, 0.6) is 5.75 Å². The van der Waals surface area contributed by atoms with E-state index in [1.807, 2.05) is 0 Å². The van der Waals surface area contributed by atoms with E-state index >= 15 is 0 Å². The van der Waals surface area contributed by atoms with E-state index < -0.39 is 23.4 Å². The molecule has 2 heterocycles. The first-order valence-electron chi connectivity index (χ1n) is 13.6. The molecule has 3 aromatic rings. The van der Waals surface area contributed by atoms with E-state index in [2.05, 4.69) is 9.97 Å². The number of rotatable bonds is 10. The molecule has 1 aromatic carbocycles. The number of ether oxygens (including phenoxy) is 4. The number of fused-ring (bicyclic) bond motifs is 1. The molecule has 0 bridgehead atoms. The van der Waals surface area contributed by atoms with Crippen molar-refractivity contribution in [3.05, 3.63) is 45.3 Å². The van der Waals surface area contributed by atoms with Gasteiger partial charge in [-0.3, -0.25) is 0 Å². The molecule has 2 N–H and O–H groups in total. The first kappa shape index (κ1) is 34.7. The minimum atomic E-state index is -0.980. The smallest absolute Gasteiger partial charge is 0.425 e. The summed E-state index contributed by atoms with van der Waals surface area (Å²) >= 11 is 19.6. The number of carbonyl (C=O) groups excluding carboxylic acids is 2. The van der Waals surface area contributed by atoms with Crippen molar-refractivity contribution in [3.8, 4) is 5.75 Å². The molecular formula is C29H38Cl3N5O6. The summed E-state index contributed by atoms with van der Waals surface area (Å²) in [5, 5.41) is 0.856. The number of imidazole rings is 1. The molecule has 1 atom stereocenters. The standard InChI is InChI=1S/C29H38Cl3N5O6/c1-28(2,3)42-26(38)37(27(39)43-29(4,5)6)25-23-24(20(31)13-34-25)36(16-35-23)14-18-21(11-10-19(30)22(18)32)41-12-8-9-17(33)15-40-7/h10-11,13,16-17H,8-9,12,14-15,33H2,1-7H3/t17-/m1/s1. The van der Waals surface area contributed by atoms with Crippen LogP contribution in [0.4, 0.5) is 15.4 Å². The molecule has 14 heteroatoms. The Balaban J connectivity index is 2.02. The summed E-state index contributed by atoms with van der Waals surface area (Å²) in [5.74, 6) is 0.411. The Labute approximate surface area is 266 Å². The van der Waals surface area contributed by atoms with Crippen LogP contribution in [0.2, 0.25) is 15.1 Å². The molecule has 43 heavy (non-hydrogen) atoms. The Morgan fingerprint density at radius 3 is 2.21 bits per heavy atom. The maximum atomic E-state index is 13.3. The van der Waals surface area contributed by atoms with Gasteiger partial charge in [0.15, 0.2) is 5.82 Å². The number of methoxy groups -OCH3 is 1. The second-order valence-corrected chi connectivity index (χ2v) is 13.0. The van der Waals surface area contributed by atoms with Gasteiger partial charge >= 0.3 is 12.2 Å². The molecule has 0 aliphatic carbocycles. The first-order valence-corrected chi connectivity index (χ1v) is 14.8. The van der Waals surface area contributed by atoms with Crippen LogP contribution < -0.4 is 15.4 Å². The highest BCUT2D eigenvalue weighted by atomic mass is 35.5. The van der Waals surface area contributed by atoms with Crippen LogP contribution in [0, 0.1) is 0 Å². The number of amides is 2. The van der Waals surface area contributed by atoms with Crippen LogP contribution in [0.3, 0.4) is 0 Å². The summed E-state index contributed by atoms with van der Waals surface area (Å²) < 4.78 is 23.9. The number of nitrogens with zero attached hydrogens (tertiary/aromatic N) is 4. The largest absolute Gasteiger partial charge is 0.493 e. The summed E-state index contributed by atoms with van der Waals surface area (Å²) in [5.41, 5.74) is 5.34. The van der Waals surface area contributed by atoms with Crippen molar-refractivity contribution in [1.82, 2.24) is 14.5 Å². The number of nitrogens with two attached hydrogens (primary N) is 1. The Morgan fingerprint density at radius 2 is 1.63 bits per heavy atom. The zero-order valence-corrected chi connectivity index (χ0v) is 27.6. The van der Waals surface area contributed by atoms with Crippen LogP contribution in [0.1, 0.15) is 59.9 Å². The fourth-order valence-electron chi connectivity index (χ4n) is 4.04. The number of hydrogen-bond acceptors (Lipinski definition) is 9. The first-order chi connectivity index (χ1) is 20.0. The number of benzene rings is 1. The van der Waals surface area contributed by atoms with Gasteiger partial charge in [-0.1, -0.05) is 34.8 Å². The third-order valence-electron chi connectivity index (χ3n) is 5.78. The van der Waals surface area contributed by atoms with Gasteiger partial charge in [0.2, 0.25) is 0 Å². The van der Waals surface area contributed by atoms with E-state index in [0.29, 0.717) is 57.8 Å². The quantitative estimate of drug-likeness (QED) is 0.224. The van der Waals surface area contributed by atoms with Crippen LogP contribution in [0.15, 0.2) is 24.7 Å². The zero-order valence-electron chi connectivity index (χ0n) is 25.4. The Morgan fingerprint density at radius 1 is 1.00 bits per heavy atom. The lowest BCUT2D eigenvalue weighted by molar-refractivity contribution is 0.0429. The molecule has 0 fully saturated rings. The highest BCUT2D eigenvalue weighted by molar-refractivity contribution is 6.42. The topological polar surface area (TPSA) is 131 Å². The second-order valence-electron chi connectivity index (χ2n) is 11.8. The molecule has 0 radical (unpaired) electrons. The maximum Gasteiger partial charge on any atom is 0.425 e. The Kier molecular flexibility index (Phi) is 11.5. The highest BCUT2D eigenvalue weighted by Gasteiger charge is 2.36. The number of imide groups is 1. The highest BCUT2D eigenvalue weighted by Crippen LogP contribution is 2.36. The van der Waals surface area contributed by atoms with E-state index in [1.54, 1.807) is 65.4 Å². The predicted molar refractivity (Wildman–Crippen MR) is 168 cm³/mol. The van der Waals surface area contributed by atoms with Gasteiger partial charge in [0, 0.05) is 18.7 Å². The minimum absolute atomic E-state index is 0.0925. The number of halogens is 3. The Hall–Kier alpha value is -2.83. The number of hydrogen-bond donors (Lipinski definition) is 1. The van der Waals surface area contributed by atoms with Gasteiger partial charge in [-0.2, -0.15) is 4.90 Å². The third kappa shape index (κ3) is 9.33. The van der Waals surface area contributed by atoms with Crippen molar-refractivity contribution in [2.75, 3.05) is 25.2 Å². The average molecular weight is 659 g/mol. The molecule has 11 nitrogen and oxygen atoms in total. The lowest BCUT2D eigenvalue weighted by Gasteiger charge is -2.28. The fraction of sp³-hybridized carbons (Fsp3) is 0.517. The molecule has 3 rings (SSSR count). The summed E-state index contributed by atoms with van der Waals surface area (Å²) in [6, 6.07) is 3.30. The zero-order chi connectivity index (χ0) is 32.1. The van der Waals surface area contributed by atoms with Gasteiger partial charge in [0.25, 0.3) is 0 Å². The molecule has 0 unspecified atom stereocenters. The van der Waals surface area contributed by atoms with Gasteiger partial charge in [-0.05, 0) is 66.5 Å². The molecule has 0 spiro atoms. The summed E-state index contributed by atoms with van der Waals surface area (Å²) in [7, 11) is 1.61. The van der Waals surface area contributed by atoms with Crippen molar-refractivity contribution in [2.45, 2.75) is 78.2 Å². The molecule has 0 aliphatic rings. The number of pyridine rings is 1.